The number of hydrogen-bond donors (Lipinski definition) is 1. The number of nitrogen functional groups attached to an aromatic ring is 1. The zero-order chi connectivity index (χ0) is 14.8. The fourth-order valence-corrected chi connectivity index (χ4v) is 2.23. The first-order valence-corrected chi connectivity index (χ1v) is 6.43. The number of fused-ring (bicyclic) bond motifs is 1. The van der Waals surface area contributed by atoms with Gasteiger partial charge in [-0.15, -0.1) is 0 Å². The third-order valence-corrected chi connectivity index (χ3v) is 3.32. The van der Waals surface area contributed by atoms with Crippen molar-refractivity contribution in [3.05, 3.63) is 54.4 Å². The first-order chi connectivity index (χ1) is 10.2. The Morgan fingerprint density at radius 3 is 2.81 bits per heavy atom. The van der Waals surface area contributed by atoms with Crippen LogP contribution >= 0.6 is 0 Å². The van der Waals surface area contributed by atoms with Crippen molar-refractivity contribution in [1.29, 1.82) is 5.26 Å². The Hall–Kier alpha value is -3.13. The molecule has 0 saturated carbocycles. The third kappa shape index (κ3) is 2.35. The molecule has 3 aromatic rings. The van der Waals surface area contributed by atoms with Gasteiger partial charge in [0.25, 0.3) is 0 Å². The molecule has 1 heterocycles. The smallest absolute Gasteiger partial charge is 0.144 e. The Bertz CT molecular complexity index is 851. The van der Waals surface area contributed by atoms with Crippen LogP contribution in [0.3, 0.4) is 0 Å². The topological polar surface area (TPSA) is 78.8 Å². The monoisotopic (exact) mass is 275 g/mol. The highest BCUT2D eigenvalue weighted by molar-refractivity contribution is 5.92. The van der Waals surface area contributed by atoms with Gasteiger partial charge in [-0.2, -0.15) is 5.26 Å². The summed E-state index contributed by atoms with van der Waals surface area (Å²) in [5, 5.41) is 9.92. The van der Waals surface area contributed by atoms with Crippen LogP contribution in [0.2, 0.25) is 0 Å². The van der Waals surface area contributed by atoms with E-state index < -0.39 is 0 Å². The van der Waals surface area contributed by atoms with Gasteiger partial charge >= 0.3 is 0 Å². The minimum Gasteiger partial charge on any atom is -0.399 e. The van der Waals surface area contributed by atoms with Gasteiger partial charge < -0.3 is 10.6 Å². The molecule has 0 unspecified atom stereocenters. The van der Waals surface area contributed by atoms with Crippen LogP contribution in [0.25, 0.3) is 10.9 Å². The maximum absolute atomic E-state index is 9.01. The number of nitrogens with two attached hydrogens (primary N) is 1. The van der Waals surface area contributed by atoms with Gasteiger partial charge in [-0.05, 0) is 36.4 Å². The van der Waals surface area contributed by atoms with Gasteiger partial charge in [-0.3, -0.25) is 0 Å². The summed E-state index contributed by atoms with van der Waals surface area (Å²) < 4.78 is 0. The molecule has 0 atom stereocenters. The Morgan fingerprint density at radius 2 is 2.00 bits per heavy atom. The van der Waals surface area contributed by atoms with E-state index in [0.29, 0.717) is 11.3 Å². The third-order valence-electron chi connectivity index (χ3n) is 3.32. The molecule has 102 valence electrons. The molecule has 21 heavy (non-hydrogen) atoms. The van der Waals surface area contributed by atoms with Gasteiger partial charge in [-0.25, -0.2) is 9.97 Å². The molecular formula is C16H13N5. The predicted molar refractivity (Wildman–Crippen MR) is 83.2 cm³/mol. The second-order valence-electron chi connectivity index (χ2n) is 4.70. The lowest BCUT2D eigenvalue weighted by Crippen LogP contribution is -2.12. The van der Waals surface area contributed by atoms with Crippen molar-refractivity contribution in [3.8, 4) is 6.07 Å². The summed E-state index contributed by atoms with van der Waals surface area (Å²) in [6.07, 6.45) is 1.52. The zero-order valence-corrected chi connectivity index (χ0v) is 11.5. The van der Waals surface area contributed by atoms with E-state index in [1.54, 1.807) is 6.07 Å². The minimum atomic E-state index is 0.613. The molecule has 0 radical (unpaired) electrons. The lowest BCUT2D eigenvalue weighted by Gasteiger charge is -2.20. The second-order valence-corrected chi connectivity index (χ2v) is 4.70. The van der Waals surface area contributed by atoms with E-state index in [4.69, 9.17) is 11.0 Å². The van der Waals surface area contributed by atoms with Gasteiger partial charge in [0, 0.05) is 23.8 Å². The zero-order valence-electron chi connectivity index (χ0n) is 11.5. The van der Waals surface area contributed by atoms with Crippen molar-refractivity contribution in [2.45, 2.75) is 0 Å². The van der Waals surface area contributed by atoms with Crippen LogP contribution in [0.15, 0.2) is 48.8 Å². The summed E-state index contributed by atoms with van der Waals surface area (Å²) in [6, 6.07) is 15.1. The molecule has 2 aromatic carbocycles. The van der Waals surface area contributed by atoms with E-state index in [2.05, 4.69) is 16.0 Å². The van der Waals surface area contributed by atoms with E-state index in [9.17, 15) is 0 Å². The van der Waals surface area contributed by atoms with E-state index in [1.807, 2.05) is 48.3 Å². The van der Waals surface area contributed by atoms with Crippen LogP contribution < -0.4 is 10.6 Å². The molecule has 0 fully saturated rings. The molecule has 0 aliphatic carbocycles. The van der Waals surface area contributed by atoms with Crippen LogP contribution in [0, 0.1) is 11.3 Å². The molecule has 0 aliphatic rings. The molecule has 2 N–H and O–H groups in total. The Balaban J connectivity index is 2.13. The highest BCUT2D eigenvalue weighted by Gasteiger charge is 2.11. The lowest BCUT2D eigenvalue weighted by molar-refractivity contribution is 1.11. The molecule has 0 bridgehead atoms. The molecular weight excluding hydrogens is 262 g/mol. The highest BCUT2D eigenvalue weighted by atomic mass is 15.2. The molecule has 0 spiro atoms. The molecule has 0 amide bonds. The molecule has 1 aromatic heterocycles. The fourth-order valence-electron chi connectivity index (χ4n) is 2.23. The van der Waals surface area contributed by atoms with E-state index >= 15 is 0 Å². The number of hydrogen-bond acceptors (Lipinski definition) is 5. The first-order valence-electron chi connectivity index (χ1n) is 6.43. The summed E-state index contributed by atoms with van der Waals surface area (Å²) in [5.74, 6) is 0.773. The lowest BCUT2D eigenvalue weighted by atomic mass is 10.1. The van der Waals surface area contributed by atoms with E-state index in [0.717, 1.165) is 22.4 Å². The van der Waals surface area contributed by atoms with Crippen molar-refractivity contribution >= 4 is 28.1 Å². The number of nitrogens with zero attached hydrogens (tertiary/aromatic N) is 4. The van der Waals surface area contributed by atoms with Crippen LogP contribution in [-0.4, -0.2) is 17.0 Å². The normalized spacial score (nSPS) is 10.3. The largest absolute Gasteiger partial charge is 0.399 e. The Morgan fingerprint density at radius 1 is 1.14 bits per heavy atom. The summed E-state index contributed by atoms with van der Waals surface area (Å²) in [5.41, 5.74) is 8.76. The second kappa shape index (κ2) is 5.10. The van der Waals surface area contributed by atoms with E-state index in [-0.39, 0.29) is 0 Å². The minimum absolute atomic E-state index is 0.613. The molecule has 0 aliphatic heterocycles. The van der Waals surface area contributed by atoms with Gasteiger partial charge in [0.2, 0.25) is 0 Å². The summed E-state index contributed by atoms with van der Waals surface area (Å²) in [6.45, 7) is 0. The Kier molecular flexibility index (Phi) is 3.13. The maximum atomic E-state index is 9.01. The molecule has 5 heteroatoms. The van der Waals surface area contributed by atoms with Gasteiger partial charge in [-0.1, -0.05) is 6.07 Å². The van der Waals surface area contributed by atoms with Crippen molar-refractivity contribution in [2.75, 3.05) is 17.7 Å². The van der Waals surface area contributed by atoms with Crippen LogP contribution in [0.5, 0.6) is 0 Å². The predicted octanol–water partition coefficient (Wildman–Crippen LogP) is 2.85. The quantitative estimate of drug-likeness (QED) is 0.727. The SMILES string of the molecule is CN(c1cccc(C#N)c1)c1ncnc2cc(N)ccc12. The van der Waals surface area contributed by atoms with Crippen LogP contribution in [0.1, 0.15) is 5.56 Å². The average molecular weight is 275 g/mol. The first kappa shape index (κ1) is 12.9. The fraction of sp³-hybridized carbons (Fsp3) is 0.0625. The van der Waals surface area contributed by atoms with Crippen molar-refractivity contribution in [1.82, 2.24) is 9.97 Å². The van der Waals surface area contributed by atoms with E-state index in [1.165, 1.54) is 6.33 Å². The molecule has 0 saturated heterocycles. The van der Waals surface area contributed by atoms with Crippen LogP contribution in [-0.2, 0) is 0 Å². The number of nitriles is 1. The van der Waals surface area contributed by atoms with Gasteiger partial charge in [0.1, 0.15) is 12.1 Å². The molecule has 5 nitrogen and oxygen atoms in total. The number of aromatic nitrogens is 2. The number of rotatable bonds is 2. The van der Waals surface area contributed by atoms with Gasteiger partial charge in [0.15, 0.2) is 0 Å². The Labute approximate surface area is 122 Å². The standard InChI is InChI=1S/C16H13N5/c1-21(13-4-2-3-11(7-13)9-17)16-14-6-5-12(18)8-15(14)19-10-20-16/h2-8,10H,18H2,1H3. The van der Waals surface area contributed by atoms with Gasteiger partial charge in [0.05, 0.1) is 17.1 Å². The van der Waals surface area contributed by atoms with Crippen molar-refractivity contribution in [3.63, 3.8) is 0 Å². The number of benzene rings is 2. The van der Waals surface area contributed by atoms with Crippen molar-refractivity contribution < 1.29 is 0 Å². The number of anilines is 3. The molecule has 3 rings (SSSR count). The highest BCUT2D eigenvalue weighted by Crippen LogP contribution is 2.29. The maximum Gasteiger partial charge on any atom is 0.144 e. The summed E-state index contributed by atoms with van der Waals surface area (Å²) >= 11 is 0. The summed E-state index contributed by atoms with van der Waals surface area (Å²) in [4.78, 5) is 10.5. The summed E-state index contributed by atoms with van der Waals surface area (Å²) in [7, 11) is 1.91. The van der Waals surface area contributed by atoms with Crippen LogP contribution in [0.4, 0.5) is 17.2 Å². The average Bonchev–Trinajstić information content (AvgIpc) is 2.53. The van der Waals surface area contributed by atoms with Crippen molar-refractivity contribution in [2.24, 2.45) is 0 Å².